The van der Waals surface area contributed by atoms with Gasteiger partial charge in [0.2, 0.25) is 0 Å². The molecule has 0 bridgehead atoms. The second-order valence-corrected chi connectivity index (χ2v) is 8.47. The molecule has 0 atom stereocenters. The van der Waals surface area contributed by atoms with Crippen LogP contribution in [0.2, 0.25) is 0 Å². The number of hydrogen-bond acceptors (Lipinski definition) is 4. The third kappa shape index (κ3) is 3.42. The molecule has 2 fully saturated rings. The molecule has 1 saturated heterocycles. The van der Waals surface area contributed by atoms with Gasteiger partial charge >= 0.3 is 0 Å². The lowest BCUT2D eigenvalue weighted by Crippen LogP contribution is -2.53. The summed E-state index contributed by atoms with van der Waals surface area (Å²) in [6.45, 7) is 0.745. The fourth-order valence-electron chi connectivity index (χ4n) is 4.17. The number of aliphatic hydroxyl groups is 1. The summed E-state index contributed by atoms with van der Waals surface area (Å²) in [5, 5.41) is 15.1. The number of benzene rings is 2. The zero-order chi connectivity index (χ0) is 22.6. The molecule has 1 saturated carbocycles. The minimum absolute atomic E-state index is 0.151. The summed E-state index contributed by atoms with van der Waals surface area (Å²) in [5.74, 6) is -2.94. The Labute approximate surface area is 182 Å². The Balaban J connectivity index is 1.35. The van der Waals surface area contributed by atoms with Gasteiger partial charge in [-0.15, -0.1) is 0 Å². The van der Waals surface area contributed by atoms with E-state index in [1.165, 1.54) is 9.80 Å². The number of aromatic nitrogens is 2. The van der Waals surface area contributed by atoms with Gasteiger partial charge < -0.3 is 14.9 Å². The summed E-state index contributed by atoms with van der Waals surface area (Å²) in [6.07, 6.45) is 2.60. The molecule has 7 nitrogen and oxygen atoms in total. The SMILES string of the molecule is Cn1ncc2ccc(-c3cc(F)c(C(=O)N4CCN(C(=O)C5(O)CC5)CC4)c(F)c3)cc21. The summed E-state index contributed by atoms with van der Waals surface area (Å²) < 4.78 is 31.5. The standard InChI is InChI=1S/C23H22F2N4O3/c1-27-19-12-14(2-3-15(19)13-26-27)16-10-17(24)20(18(25)11-16)21(30)28-6-8-29(9-7-28)22(31)23(32)4-5-23/h2-3,10-13,32H,4-9H2,1H3. The van der Waals surface area contributed by atoms with Crippen LogP contribution in [0.4, 0.5) is 8.78 Å². The van der Waals surface area contributed by atoms with Crippen LogP contribution in [0.5, 0.6) is 0 Å². The van der Waals surface area contributed by atoms with Crippen molar-refractivity contribution in [1.29, 1.82) is 0 Å². The van der Waals surface area contributed by atoms with E-state index in [-0.39, 0.29) is 32.1 Å². The molecule has 2 heterocycles. The van der Waals surface area contributed by atoms with Crippen LogP contribution in [0.15, 0.2) is 36.5 Å². The maximum atomic E-state index is 14.9. The molecule has 2 aromatic carbocycles. The molecule has 0 unspecified atom stereocenters. The molecule has 3 aromatic rings. The molecular weight excluding hydrogens is 418 g/mol. The van der Waals surface area contributed by atoms with Gasteiger partial charge in [0, 0.05) is 38.6 Å². The van der Waals surface area contributed by atoms with Crippen LogP contribution in [-0.2, 0) is 11.8 Å². The average molecular weight is 440 g/mol. The van der Waals surface area contributed by atoms with Gasteiger partial charge in [-0.05, 0) is 42.2 Å². The molecule has 1 aliphatic carbocycles. The van der Waals surface area contributed by atoms with Crippen LogP contribution in [0, 0.1) is 11.6 Å². The number of carbonyl (C=O) groups is 2. The summed E-state index contributed by atoms with van der Waals surface area (Å²) in [4.78, 5) is 27.9. The largest absolute Gasteiger partial charge is 0.380 e. The number of amides is 2. The number of hydrogen-bond donors (Lipinski definition) is 1. The van der Waals surface area contributed by atoms with Gasteiger partial charge in [0.15, 0.2) is 0 Å². The second-order valence-electron chi connectivity index (χ2n) is 8.47. The number of carbonyl (C=O) groups excluding carboxylic acids is 2. The number of fused-ring (bicyclic) bond motifs is 1. The highest BCUT2D eigenvalue weighted by Crippen LogP contribution is 2.37. The molecule has 0 spiro atoms. The van der Waals surface area contributed by atoms with Crippen molar-refractivity contribution in [2.24, 2.45) is 7.05 Å². The van der Waals surface area contributed by atoms with Crippen molar-refractivity contribution in [2.45, 2.75) is 18.4 Å². The van der Waals surface area contributed by atoms with Crippen molar-refractivity contribution in [1.82, 2.24) is 19.6 Å². The fraction of sp³-hybridized carbons (Fsp3) is 0.348. The van der Waals surface area contributed by atoms with E-state index in [0.29, 0.717) is 24.0 Å². The molecular formula is C23H22F2N4O3. The molecule has 1 aliphatic heterocycles. The first kappa shape index (κ1) is 20.6. The Morgan fingerprint density at radius 2 is 1.59 bits per heavy atom. The first-order valence-corrected chi connectivity index (χ1v) is 10.5. The predicted octanol–water partition coefficient (Wildman–Crippen LogP) is 2.33. The Kier molecular flexibility index (Phi) is 4.74. The Bertz CT molecular complexity index is 1220. The van der Waals surface area contributed by atoms with Crippen LogP contribution in [0.25, 0.3) is 22.0 Å². The van der Waals surface area contributed by atoms with Crippen LogP contribution >= 0.6 is 0 Å². The maximum absolute atomic E-state index is 14.9. The Hall–Kier alpha value is -3.33. The van der Waals surface area contributed by atoms with E-state index < -0.39 is 28.7 Å². The zero-order valence-corrected chi connectivity index (χ0v) is 17.5. The van der Waals surface area contributed by atoms with Gasteiger partial charge in [-0.25, -0.2) is 8.78 Å². The minimum atomic E-state index is -1.27. The van der Waals surface area contributed by atoms with Gasteiger partial charge in [0.1, 0.15) is 22.8 Å². The van der Waals surface area contributed by atoms with Crippen LogP contribution < -0.4 is 0 Å². The van der Waals surface area contributed by atoms with Crippen molar-refractivity contribution in [3.05, 3.63) is 53.7 Å². The van der Waals surface area contributed by atoms with Crippen molar-refractivity contribution in [2.75, 3.05) is 26.2 Å². The minimum Gasteiger partial charge on any atom is -0.380 e. The van der Waals surface area contributed by atoms with E-state index in [9.17, 15) is 23.5 Å². The first-order chi connectivity index (χ1) is 15.3. The third-order valence-electron chi connectivity index (χ3n) is 6.31. The predicted molar refractivity (Wildman–Crippen MR) is 113 cm³/mol. The zero-order valence-electron chi connectivity index (χ0n) is 17.5. The lowest BCUT2D eigenvalue weighted by atomic mass is 10.0. The van der Waals surface area contributed by atoms with Crippen molar-refractivity contribution in [3.8, 4) is 11.1 Å². The molecule has 2 amide bonds. The lowest BCUT2D eigenvalue weighted by molar-refractivity contribution is -0.143. The molecule has 1 aromatic heterocycles. The fourth-order valence-corrected chi connectivity index (χ4v) is 4.17. The lowest BCUT2D eigenvalue weighted by Gasteiger charge is -2.35. The molecule has 2 aliphatic rings. The van der Waals surface area contributed by atoms with E-state index in [2.05, 4.69) is 5.10 Å². The van der Waals surface area contributed by atoms with Gasteiger partial charge in [-0.1, -0.05) is 12.1 Å². The van der Waals surface area contributed by atoms with Crippen LogP contribution in [-0.4, -0.2) is 68.3 Å². The summed E-state index contributed by atoms with van der Waals surface area (Å²) >= 11 is 0. The number of nitrogens with zero attached hydrogens (tertiary/aromatic N) is 4. The van der Waals surface area contributed by atoms with E-state index in [0.717, 1.165) is 23.0 Å². The van der Waals surface area contributed by atoms with Crippen molar-refractivity contribution >= 4 is 22.7 Å². The summed E-state index contributed by atoms with van der Waals surface area (Å²) in [7, 11) is 1.79. The van der Waals surface area contributed by atoms with Crippen molar-refractivity contribution in [3.63, 3.8) is 0 Å². The van der Waals surface area contributed by atoms with E-state index in [4.69, 9.17) is 0 Å². The molecule has 166 valence electrons. The topological polar surface area (TPSA) is 78.7 Å². The first-order valence-electron chi connectivity index (χ1n) is 10.5. The quantitative estimate of drug-likeness (QED) is 0.678. The molecule has 5 rings (SSSR count). The second kappa shape index (κ2) is 7.37. The van der Waals surface area contributed by atoms with Gasteiger partial charge in [-0.2, -0.15) is 5.10 Å². The molecule has 9 heteroatoms. The highest BCUT2D eigenvalue weighted by atomic mass is 19.1. The van der Waals surface area contributed by atoms with Gasteiger partial charge in [-0.3, -0.25) is 14.3 Å². The van der Waals surface area contributed by atoms with Crippen molar-refractivity contribution < 1.29 is 23.5 Å². The third-order valence-corrected chi connectivity index (χ3v) is 6.31. The average Bonchev–Trinajstić information content (AvgIpc) is 3.44. The van der Waals surface area contributed by atoms with E-state index in [1.54, 1.807) is 30.1 Å². The number of rotatable bonds is 3. The highest BCUT2D eigenvalue weighted by molar-refractivity contribution is 5.96. The number of halogens is 2. The summed E-state index contributed by atoms with van der Waals surface area (Å²) in [5.41, 5.74) is -0.0999. The molecule has 32 heavy (non-hydrogen) atoms. The smallest absolute Gasteiger partial charge is 0.259 e. The monoisotopic (exact) mass is 440 g/mol. The number of piperazine rings is 1. The Morgan fingerprint density at radius 1 is 0.969 bits per heavy atom. The molecule has 1 N–H and O–H groups in total. The van der Waals surface area contributed by atoms with Crippen LogP contribution in [0.1, 0.15) is 23.2 Å². The summed E-state index contributed by atoms with van der Waals surface area (Å²) in [6, 6.07) is 7.70. The highest BCUT2D eigenvalue weighted by Gasteiger charge is 2.50. The number of aryl methyl sites for hydroxylation is 1. The Morgan fingerprint density at radius 3 is 2.22 bits per heavy atom. The van der Waals surface area contributed by atoms with E-state index >= 15 is 0 Å². The van der Waals surface area contributed by atoms with E-state index in [1.807, 2.05) is 6.07 Å². The molecule has 0 radical (unpaired) electrons. The normalized spacial score (nSPS) is 17.6. The van der Waals surface area contributed by atoms with Gasteiger partial charge in [0.25, 0.3) is 11.8 Å². The maximum Gasteiger partial charge on any atom is 0.259 e. The van der Waals surface area contributed by atoms with Crippen LogP contribution in [0.3, 0.4) is 0 Å². The van der Waals surface area contributed by atoms with Gasteiger partial charge in [0.05, 0.1) is 11.7 Å².